The van der Waals surface area contributed by atoms with Gasteiger partial charge in [0.05, 0.1) is 26.4 Å². The number of carbonyl (C=O) groups is 4. The van der Waals surface area contributed by atoms with Crippen LogP contribution < -0.4 is 0 Å². The monoisotopic (exact) mass is 1280 g/mol. The standard InChI is InChI=1S/C68H132O17P2/c1-7-10-12-14-16-18-20-25-32-38-44-50-65(70)78-56-63(84-67(72)52-46-40-34-26-21-19-17-15-13-11-8-2)58-82-86(74,75)80-54-62(69)55-81-87(76,77)83-59-64(57-79-66(71)51-45-39-33-29-28-31-37-43-49-61(6)9-3)85-68(73)53-47-41-35-27-23-22-24-30-36-42-48-60(4)5/h60-64,69H,7-59H2,1-6H3,(H,74,75)(H,76,77)/t61?,62-,63+,64+/m0/s1. The van der Waals surface area contributed by atoms with Crippen LogP contribution in [0.25, 0.3) is 0 Å². The van der Waals surface area contributed by atoms with Crippen molar-refractivity contribution in [3.8, 4) is 0 Å². The molecule has 0 aromatic carbocycles. The van der Waals surface area contributed by atoms with Crippen LogP contribution in [0.15, 0.2) is 0 Å². The fourth-order valence-corrected chi connectivity index (χ4v) is 11.8. The zero-order chi connectivity index (χ0) is 64.3. The van der Waals surface area contributed by atoms with Gasteiger partial charge in [-0.15, -0.1) is 0 Å². The van der Waals surface area contributed by atoms with Crippen LogP contribution in [0.5, 0.6) is 0 Å². The van der Waals surface area contributed by atoms with E-state index < -0.39 is 97.5 Å². The third-order valence-corrected chi connectivity index (χ3v) is 18.0. The second-order valence-corrected chi connectivity index (χ2v) is 28.2. The quantitative estimate of drug-likeness (QED) is 0.0222. The Morgan fingerprint density at radius 3 is 0.874 bits per heavy atom. The van der Waals surface area contributed by atoms with Gasteiger partial charge in [0, 0.05) is 25.7 Å². The summed E-state index contributed by atoms with van der Waals surface area (Å²) in [5.41, 5.74) is 0. The smallest absolute Gasteiger partial charge is 0.462 e. The number of aliphatic hydroxyl groups is 1. The number of aliphatic hydroxyl groups excluding tert-OH is 1. The van der Waals surface area contributed by atoms with E-state index in [0.29, 0.717) is 25.7 Å². The molecule has 0 radical (unpaired) electrons. The third-order valence-electron chi connectivity index (χ3n) is 16.1. The van der Waals surface area contributed by atoms with Gasteiger partial charge in [-0.2, -0.15) is 0 Å². The Balaban J connectivity index is 5.26. The molecule has 0 bridgehead atoms. The topological polar surface area (TPSA) is 237 Å². The molecule has 0 fully saturated rings. The Morgan fingerprint density at radius 2 is 0.586 bits per heavy atom. The zero-order valence-corrected chi connectivity index (χ0v) is 58.1. The van der Waals surface area contributed by atoms with Crippen molar-refractivity contribution in [2.24, 2.45) is 11.8 Å². The molecule has 0 spiro atoms. The van der Waals surface area contributed by atoms with E-state index in [1.807, 2.05) is 0 Å². The van der Waals surface area contributed by atoms with Gasteiger partial charge in [-0.3, -0.25) is 37.3 Å². The second-order valence-electron chi connectivity index (χ2n) is 25.3. The predicted octanol–water partition coefficient (Wildman–Crippen LogP) is 19.2. The molecule has 0 saturated carbocycles. The van der Waals surface area contributed by atoms with E-state index in [9.17, 15) is 43.2 Å². The van der Waals surface area contributed by atoms with Gasteiger partial charge in [0.2, 0.25) is 0 Å². The maximum atomic E-state index is 13.0. The number of hydrogen-bond acceptors (Lipinski definition) is 15. The molecule has 3 N–H and O–H groups in total. The molecule has 87 heavy (non-hydrogen) atoms. The SMILES string of the molecule is CCCCCCCCCCCCCC(=O)OC[C@H](COP(=O)(O)OC[C@H](O)COP(=O)(O)OC[C@@H](COC(=O)CCCCCCCCCCC(C)CC)OC(=O)CCCCCCCCCCCCC(C)C)OC(=O)CCCCCCCCCCCCC. The van der Waals surface area contributed by atoms with Crippen LogP contribution in [-0.2, 0) is 65.4 Å². The zero-order valence-electron chi connectivity index (χ0n) is 56.3. The van der Waals surface area contributed by atoms with E-state index in [0.717, 1.165) is 102 Å². The van der Waals surface area contributed by atoms with Crippen LogP contribution in [0.4, 0.5) is 0 Å². The van der Waals surface area contributed by atoms with Crippen molar-refractivity contribution in [2.75, 3.05) is 39.6 Å². The van der Waals surface area contributed by atoms with Gasteiger partial charge in [-0.25, -0.2) is 9.13 Å². The minimum absolute atomic E-state index is 0.105. The average Bonchev–Trinajstić information content (AvgIpc) is 3.50. The highest BCUT2D eigenvalue weighted by Crippen LogP contribution is 2.45. The fraction of sp³-hybridized carbons (Fsp3) is 0.941. The number of ether oxygens (including phenoxy) is 4. The number of unbranched alkanes of at least 4 members (excludes halogenated alkanes) is 36. The first-order chi connectivity index (χ1) is 41.9. The molecule has 19 heteroatoms. The lowest BCUT2D eigenvalue weighted by atomic mass is 9.99. The van der Waals surface area contributed by atoms with E-state index in [2.05, 4.69) is 41.5 Å². The molecular formula is C68H132O17P2. The lowest BCUT2D eigenvalue weighted by Gasteiger charge is -2.21. The maximum Gasteiger partial charge on any atom is 0.472 e. The first-order valence-corrected chi connectivity index (χ1v) is 38.5. The van der Waals surface area contributed by atoms with Crippen molar-refractivity contribution in [3.05, 3.63) is 0 Å². The van der Waals surface area contributed by atoms with Crippen LogP contribution in [0.3, 0.4) is 0 Å². The Morgan fingerprint density at radius 1 is 0.333 bits per heavy atom. The first-order valence-electron chi connectivity index (χ1n) is 35.5. The van der Waals surface area contributed by atoms with Gasteiger partial charge in [-0.05, 0) is 37.5 Å². The summed E-state index contributed by atoms with van der Waals surface area (Å²) in [6, 6.07) is 0. The van der Waals surface area contributed by atoms with Crippen molar-refractivity contribution < 1.29 is 80.2 Å². The number of phosphoric ester groups is 2. The van der Waals surface area contributed by atoms with Crippen LogP contribution in [0.1, 0.15) is 343 Å². The van der Waals surface area contributed by atoms with Crippen LogP contribution in [-0.4, -0.2) is 96.7 Å². The molecule has 0 aliphatic rings. The highest BCUT2D eigenvalue weighted by Gasteiger charge is 2.30. The van der Waals surface area contributed by atoms with Crippen LogP contribution >= 0.6 is 15.6 Å². The number of phosphoric acid groups is 2. The van der Waals surface area contributed by atoms with Crippen molar-refractivity contribution in [2.45, 2.75) is 362 Å². The Bertz CT molecular complexity index is 1700. The summed E-state index contributed by atoms with van der Waals surface area (Å²) in [6.45, 7) is 9.52. The van der Waals surface area contributed by atoms with Gasteiger partial charge in [-0.1, -0.05) is 292 Å². The minimum atomic E-state index is -4.95. The molecule has 0 aliphatic carbocycles. The van der Waals surface area contributed by atoms with Gasteiger partial charge >= 0.3 is 39.5 Å². The molecule has 0 heterocycles. The molecule has 0 aromatic heterocycles. The molecule has 0 aromatic rings. The summed E-state index contributed by atoms with van der Waals surface area (Å²) >= 11 is 0. The minimum Gasteiger partial charge on any atom is -0.462 e. The molecule has 0 aliphatic heterocycles. The molecule has 17 nitrogen and oxygen atoms in total. The largest absolute Gasteiger partial charge is 0.472 e. The summed E-state index contributed by atoms with van der Waals surface area (Å²) in [5, 5.41) is 10.6. The number of carbonyl (C=O) groups excluding carboxylic acids is 4. The van der Waals surface area contributed by atoms with Crippen molar-refractivity contribution in [1.82, 2.24) is 0 Å². The Hall–Kier alpha value is -1.94. The first kappa shape index (κ1) is 85.1. The Labute approximate surface area is 530 Å². The summed E-state index contributed by atoms with van der Waals surface area (Å²) in [4.78, 5) is 72.4. The van der Waals surface area contributed by atoms with Crippen LogP contribution in [0, 0.1) is 11.8 Å². The molecule has 3 unspecified atom stereocenters. The number of esters is 4. The van der Waals surface area contributed by atoms with E-state index in [1.54, 1.807) is 0 Å². The average molecular weight is 1280 g/mol. The van der Waals surface area contributed by atoms with E-state index in [1.165, 1.54) is 161 Å². The third kappa shape index (κ3) is 61.3. The van der Waals surface area contributed by atoms with Gasteiger partial charge < -0.3 is 33.8 Å². The second kappa shape index (κ2) is 60.3. The fourth-order valence-electron chi connectivity index (χ4n) is 10.2. The molecule has 0 rings (SSSR count). The lowest BCUT2D eigenvalue weighted by molar-refractivity contribution is -0.161. The molecule has 516 valence electrons. The Kier molecular flexibility index (Phi) is 59.0. The van der Waals surface area contributed by atoms with Gasteiger partial charge in [0.1, 0.15) is 19.3 Å². The van der Waals surface area contributed by atoms with Gasteiger partial charge in [0.15, 0.2) is 12.2 Å². The lowest BCUT2D eigenvalue weighted by Crippen LogP contribution is -2.30. The van der Waals surface area contributed by atoms with Crippen molar-refractivity contribution in [1.29, 1.82) is 0 Å². The van der Waals surface area contributed by atoms with E-state index >= 15 is 0 Å². The van der Waals surface area contributed by atoms with E-state index in [-0.39, 0.29) is 25.7 Å². The van der Waals surface area contributed by atoms with Crippen molar-refractivity contribution >= 4 is 39.5 Å². The highest BCUT2D eigenvalue weighted by molar-refractivity contribution is 7.47. The van der Waals surface area contributed by atoms with E-state index in [4.69, 9.17) is 37.0 Å². The highest BCUT2D eigenvalue weighted by atomic mass is 31.2. The number of hydrogen-bond donors (Lipinski definition) is 3. The normalized spacial score (nSPS) is 14.5. The molecule has 6 atom stereocenters. The van der Waals surface area contributed by atoms with Crippen LogP contribution in [0.2, 0.25) is 0 Å². The van der Waals surface area contributed by atoms with Gasteiger partial charge in [0.25, 0.3) is 0 Å². The molecule has 0 amide bonds. The van der Waals surface area contributed by atoms with Crippen molar-refractivity contribution in [3.63, 3.8) is 0 Å². The maximum absolute atomic E-state index is 13.0. The summed E-state index contributed by atoms with van der Waals surface area (Å²) < 4.78 is 68.2. The molecule has 0 saturated heterocycles. The summed E-state index contributed by atoms with van der Waals surface area (Å²) in [5.74, 6) is -0.597. The molecular weight excluding hydrogens is 1150 g/mol. The predicted molar refractivity (Wildman–Crippen MR) is 349 cm³/mol. The number of rotatable bonds is 67. The summed E-state index contributed by atoms with van der Waals surface area (Å²) in [6.07, 6.45) is 44.2. The summed E-state index contributed by atoms with van der Waals surface area (Å²) in [7, 11) is -9.89.